The van der Waals surface area contributed by atoms with Crippen LogP contribution in [0, 0.1) is 13.8 Å². The summed E-state index contributed by atoms with van der Waals surface area (Å²) in [7, 11) is 1.78. The lowest BCUT2D eigenvalue weighted by Crippen LogP contribution is -2.49. The molecule has 0 N–H and O–H groups in total. The molecule has 3 aliphatic rings. The van der Waals surface area contributed by atoms with Crippen molar-refractivity contribution in [2.75, 3.05) is 46.4 Å². The van der Waals surface area contributed by atoms with Crippen molar-refractivity contribution in [3.8, 4) is 5.75 Å². The van der Waals surface area contributed by atoms with Gasteiger partial charge in [-0.3, -0.25) is 14.7 Å². The summed E-state index contributed by atoms with van der Waals surface area (Å²) in [6.07, 6.45) is -0.455. The number of rotatable bonds is 9. The Balaban J connectivity index is 1.15. The number of amides is 1. The number of carbonyl (C=O) groups excluding carboxylic acids is 1. The van der Waals surface area contributed by atoms with Crippen LogP contribution in [0.2, 0.25) is 0 Å². The molecular formula is C30H39F3N4O3. The van der Waals surface area contributed by atoms with E-state index in [9.17, 15) is 18.0 Å². The first kappa shape index (κ1) is 28.8. The van der Waals surface area contributed by atoms with E-state index in [0.29, 0.717) is 19.3 Å². The highest BCUT2D eigenvalue weighted by Crippen LogP contribution is 2.39. The van der Waals surface area contributed by atoms with Crippen LogP contribution in [0.15, 0.2) is 30.5 Å². The van der Waals surface area contributed by atoms with Gasteiger partial charge in [0.15, 0.2) is 0 Å². The third kappa shape index (κ3) is 5.85. The minimum Gasteiger partial charge on any atom is -0.493 e. The first-order valence-corrected chi connectivity index (χ1v) is 14.1. The lowest BCUT2D eigenvalue weighted by atomic mass is 9.96. The summed E-state index contributed by atoms with van der Waals surface area (Å²) in [6.45, 7) is 11.5. The van der Waals surface area contributed by atoms with Crippen molar-refractivity contribution in [2.45, 2.75) is 70.4 Å². The second-order valence-corrected chi connectivity index (χ2v) is 11.4. The molecule has 3 fully saturated rings. The fraction of sp³-hybridized carbons (Fsp3) is 0.600. The van der Waals surface area contributed by atoms with Gasteiger partial charge in [0, 0.05) is 64.2 Å². The van der Waals surface area contributed by atoms with E-state index >= 15 is 0 Å². The second-order valence-electron chi connectivity index (χ2n) is 11.4. The van der Waals surface area contributed by atoms with Gasteiger partial charge in [-0.1, -0.05) is 6.07 Å². The standard InChI is InChI=1S/C30H39F3N4O3/c1-19-20(2)28(40-13-5-11-35-12-10-25(18-35)39-4)9-7-26(19)21(3)36-16-24-14-23(36)17-37(24)29(38)27-8-6-22(15-34-27)30(31,32)33/h6-9,15,21,23-25H,5,10-14,16-18H2,1-4H3/t21-,23-,24-,25+/m0/s1. The minimum atomic E-state index is -4.47. The molecule has 0 unspecified atom stereocenters. The highest BCUT2D eigenvalue weighted by atomic mass is 19.4. The number of fused-ring (bicyclic) bond motifs is 2. The molecule has 1 aromatic heterocycles. The van der Waals surface area contributed by atoms with Crippen LogP contribution in [0.4, 0.5) is 13.2 Å². The molecule has 2 aromatic rings. The van der Waals surface area contributed by atoms with E-state index < -0.39 is 11.7 Å². The molecule has 40 heavy (non-hydrogen) atoms. The first-order valence-electron chi connectivity index (χ1n) is 14.1. The summed E-state index contributed by atoms with van der Waals surface area (Å²) < 4.78 is 50.2. The third-order valence-electron chi connectivity index (χ3n) is 9.02. The van der Waals surface area contributed by atoms with Crippen LogP contribution in [0.25, 0.3) is 0 Å². The fourth-order valence-corrected chi connectivity index (χ4v) is 6.52. The Hall–Kier alpha value is -2.69. The van der Waals surface area contributed by atoms with Crippen LogP contribution in [-0.4, -0.2) is 90.2 Å². The number of ether oxygens (including phenoxy) is 2. The first-order chi connectivity index (χ1) is 19.1. The zero-order valence-electron chi connectivity index (χ0n) is 23.7. The van der Waals surface area contributed by atoms with Gasteiger partial charge in [-0.25, -0.2) is 0 Å². The summed E-state index contributed by atoms with van der Waals surface area (Å²) >= 11 is 0. The number of carbonyl (C=O) groups is 1. The molecule has 1 aromatic carbocycles. The molecule has 0 aliphatic carbocycles. The van der Waals surface area contributed by atoms with Gasteiger partial charge >= 0.3 is 6.18 Å². The van der Waals surface area contributed by atoms with Gasteiger partial charge in [0.2, 0.25) is 0 Å². The van der Waals surface area contributed by atoms with Gasteiger partial charge in [-0.05, 0) is 74.9 Å². The second kappa shape index (κ2) is 11.7. The number of benzene rings is 1. The van der Waals surface area contributed by atoms with E-state index in [2.05, 4.69) is 47.7 Å². The smallest absolute Gasteiger partial charge is 0.417 e. The minimum absolute atomic E-state index is 0.0304. The summed E-state index contributed by atoms with van der Waals surface area (Å²) in [4.78, 5) is 23.5. The molecule has 5 rings (SSSR count). The zero-order valence-corrected chi connectivity index (χ0v) is 23.7. The molecule has 218 valence electrons. The molecule has 2 bridgehead atoms. The highest BCUT2D eigenvalue weighted by Gasteiger charge is 2.47. The topological polar surface area (TPSA) is 58.1 Å². The summed E-state index contributed by atoms with van der Waals surface area (Å²) in [6, 6.07) is 6.74. The molecular weight excluding hydrogens is 521 g/mol. The number of hydrogen-bond donors (Lipinski definition) is 0. The number of hydrogen-bond acceptors (Lipinski definition) is 6. The Morgan fingerprint density at radius 2 is 1.90 bits per heavy atom. The maximum atomic E-state index is 13.0. The van der Waals surface area contributed by atoms with Gasteiger partial charge in [-0.15, -0.1) is 0 Å². The van der Waals surface area contributed by atoms with E-state index in [0.717, 1.165) is 69.0 Å². The Labute approximate surface area is 234 Å². The van der Waals surface area contributed by atoms with E-state index in [-0.39, 0.29) is 29.7 Å². The predicted octanol–water partition coefficient (Wildman–Crippen LogP) is 4.87. The molecule has 3 saturated heterocycles. The van der Waals surface area contributed by atoms with E-state index in [1.165, 1.54) is 17.2 Å². The number of methoxy groups -OCH3 is 1. The molecule has 7 nitrogen and oxygen atoms in total. The number of aromatic nitrogens is 1. The normalized spacial score (nSPS) is 24.2. The van der Waals surface area contributed by atoms with E-state index in [4.69, 9.17) is 9.47 Å². The number of alkyl halides is 3. The van der Waals surface area contributed by atoms with Gasteiger partial charge in [-0.2, -0.15) is 13.2 Å². The van der Waals surface area contributed by atoms with Crippen LogP contribution in [-0.2, 0) is 10.9 Å². The zero-order chi connectivity index (χ0) is 28.6. The lowest BCUT2D eigenvalue weighted by molar-refractivity contribution is -0.137. The number of halogens is 3. The molecule has 0 radical (unpaired) electrons. The summed E-state index contributed by atoms with van der Waals surface area (Å²) in [5.41, 5.74) is 2.83. The molecule has 1 amide bonds. The van der Waals surface area contributed by atoms with Crippen molar-refractivity contribution in [2.24, 2.45) is 0 Å². The Morgan fingerprint density at radius 1 is 1.10 bits per heavy atom. The van der Waals surface area contributed by atoms with Gasteiger partial charge in [0.1, 0.15) is 11.4 Å². The van der Waals surface area contributed by atoms with Crippen LogP contribution in [0.1, 0.15) is 65.0 Å². The molecule has 4 atom stereocenters. The maximum Gasteiger partial charge on any atom is 0.417 e. The average molecular weight is 561 g/mol. The SMILES string of the molecule is CO[C@@H]1CCN(CCCOc2ccc([C@H](C)N3C[C@@H]4C[C@H]3CN4C(=O)c3ccc(C(F)(F)F)cn3)c(C)c2C)C1. The predicted molar refractivity (Wildman–Crippen MR) is 145 cm³/mol. The lowest BCUT2D eigenvalue weighted by Gasteiger charge is -2.38. The summed E-state index contributed by atoms with van der Waals surface area (Å²) in [5, 5.41) is 0. The third-order valence-corrected chi connectivity index (χ3v) is 9.02. The quantitative estimate of drug-likeness (QED) is 0.408. The maximum absolute atomic E-state index is 13.0. The molecule has 0 saturated carbocycles. The fourth-order valence-electron chi connectivity index (χ4n) is 6.52. The number of nitrogens with zero attached hydrogens (tertiary/aromatic N) is 4. The Bertz CT molecular complexity index is 1210. The molecule has 3 aliphatic heterocycles. The highest BCUT2D eigenvalue weighted by molar-refractivity contribution is 5.93. The van der Waals surface area contributed by atoms with Crippen LogP contribution < -0.4 is 4.74 Å². The summed E-state index contributed by atoms with van der Waals surface area (Å²) in [5.74, 6) is 0.624. The van der Waals surface area contributed by atoms with Crippen molar-refractivity contribution < 1.29 is 27.4 Å². The van der Waals surface area contributed by atoms with Crippen molar-refractivity contribution in [1.29, 1.82) is 0 Å². The molecule has 4 heterocycles. The Kier molecular flexibility index (Phi) is 8.40. The van der Waals surface area contributed by atoms with Gasteiger partial charge in [0.25, 0.3) is 5.91 Å². The van der Waals surface area contributed by atoms with E-state index in [1.54, 1.807) is 12.0 Å². The number of piperazine rings is 1. The number of likely N-dealkylation sites (tertiary alicyclic amines) is 3. The monoisotopic (exact) mass is 560 g/mol. The molecule has 0 spiro atoms. The van der Waals surface area contributed by atoms with E-state index in [1.807, 2.05) is 0 Å². The Morgan fingerprint density at radius 3 is 2.52 bits per heavy atom. The number of pyridine rings is 1. The van der Waals surface area contributed by atoms with Crippen molar-refractivity contribution in [1.82, 2.24) is 19.7 Å². The van der Waals surface area contributed by atoms with Gasteiger partial charge in [0.05, 0.1) is 18.3 Å². The van der Waals surface area contributed by atoms with Crippen molar-refractivity contribution >= 4 is 5.91 Å². The van der Waals surface area contributed by atoms with Crippen LogP contribution >= 0.6 is 0 Å². The molecule has 10 heteroatoms. The van der Waals surface area contributed by atoms with Crippen molar-refractivity contribution in [3.63, 3.8) is 0 Å². The van der Waals surface area contributed by atoms with Crippen LogP contribution in [0.5, 0.6) is 5.75 Å². The van der Waals surface area contributed by atoms with Crippen molar-refractivity contribution in [3.05, 3.63) is 58.4 Å². The van der Waals surface area contributed by atoms with Crippen LogP contribution in [0.3, 0.4) is 0 Å². The average Bonchev–Trinajstić information content (AvgIpc) is 3.68. The van der Waals surface area contributed by atoms with Gasteiger partial charge < -0.3 is 19.3 Å². The largest absolute Gasteiger partial charge is 0.493 e.